The first-order chi connectivity index (χ1) is 13.9. The molecule has 150 valence electrons. The number of hydrogen-bond donors (Lipinski definition) is 2. The van der Waals surface area contributed by atoms with E-state index in [-0.39, 0.29) is 11.4 Å². The summed E-state index contributed by atoms with van der Waals surface area (Å²) in [5, 5.41) is 5.68. The Morgan fingerprint density at radius 1 is 0.966 bits per heavy atom. The average Bonchev–Trinajstić information content (AvgIpc) is 2.72. The number of hydrogen-bond acceptors (Lipinski definition) is 4. The third kappa shape index (κ3) is 6.25. The number of alkyl halides is 3. The van der Waals surface area contributed by atoms with Gasteiger partial charge in [-0.05, 0) is 35.9 Å². The molecule has 0 spiro atoms. The van der Waals surface area contributed by atoms with E-state index in [1.165, 1.54) is 17.8 Å². The summed E-state index contributed by atoms with van der Waals surface area (Å²) in [5.74, 6) is -0.327. The van der Waals surface area contributed by atoms with Gasteiger partial charge in [0.2, 0.25) is 5.91 Å². The number of thioether (sulfide) groups is 1. The minimum Gasteiger partial charge on any atom is -0.379 e. The van der Waals surface area contributed by atoms with Crippen LogP contribution in [0.2, 0.25) is 0 Å². The van der Waals surface area contributed by atoms with Crippen molar-refractivity contribution in [1.29, 1.82) is 0 Å². The molecule has 29 heavy (non-hydrogen) atoms. The van der Waals surface area contributed by atoms with E-state index < -0.39 is 17.6 Å². The summed E-state index contributed by atoms with van der Waals surface area (Å²) in [6.07, 6.45) is -1.28. The van der Waals surface area contributed by atoms with Crippen molar-refractivity contribution in [2.24, 2.45) is 0 Å². The molecule has 0 aliphatic rings. The van der Waals surface area contributed by atoms with E-state index >= 15 is 0 Å². The number of amides is 1. The van der Waals surface area contributed by atoms with Crippen LogP contribution in [0.15, 0.2) is 78.0 Å². The van der Waals surface area contributed by atoms with Gasteiger partial charge < -0.3 is 10.6 Å². The van der Waals surface area contributed by atoms with Gasteiger partial charge in [-0.2, -0.15) is 13.2 Å². The van der Waals surface area contributed by atoms with E-state index in [1.807, 2.05) is 30.3 Å². The highest BCUT2D eigenvalue weighted by Gasteiger charge is 2.31. The van der Waals surface area contributed by atoms with E-state index in [2.05, 4.69) is 15.6 Å². The molecule has 3 rings (SSSR count). The molecule has 0 saturated heterocycles. The summed E-state index contributed by atoms with van der Waals surface area (Å²) in [4.78, 5) is 17.1. The number of anilines is 2. The van der Waals surface area contributed by atoms with Crippen LogP contribution >= 0.6 is 11.8 Å². The zero-order valence-corrected chi connectivity index (χ0v) is 16.1. The predicted molar refractivity (Wildman–Crippen MR) is 109 cm³/mol. The van der Waals surface area contributed by atoms with Crippen molar-refractivity contribution < 1.29 is 18.0 Å². The van der Waals surface area contributed by atoms with Crippen molar-refractivity contribution in [3.05, 3.63) is 84.2 Å². The number of halogens is 3. The molecule has 0 bridgehead atoms. The minimum atomic E-state index is -4.50. The lowest BCUT2D eigenvalue weighted by Crippen LogP contribution is -2.17. The summed E-state index contributed by atoms with van der Waals surface area (Å²) >= 11 is 1.28. The van der Waals surface area contributed by atoms with Gasteiger partial charge in [0.15, 0.2) is 0 Å². The highest BCUT2D eigenvalue weighted by atomic mass is 32.2. The first-order valence-corrected chi connectivity index (χ1v) is 9.72. The number of benzene rings is 2. The second kappa shape index (κ2) is 9.47. The Labute approximate surface area is 170 Å². The van der Waals surface area contributed by atoms with Gasteiger partial charge in [0, 0.05) is 23.8 Å². The lowest BCUT2D eigenvalue weighted by Gasteiger charge is -2.16. The molecule has 0 atom stereocenters. The van der Waals surface area contributed by atoms with Crippen LogP contribution in [-0.2, 0) is 17.5 Å². The van der Waals surface area contributed by atoms with Crippen molar-refractivity contribution >= 4 is 29.0 Å². The summed E-state index contributed by atoms with van der Waals surface area (Å²) in [5.41, 5.74) is 0.665. The number of carbonyl (C=O) groups is 1. The van der Waals surface area contributed by atoms with Gasteiger partial charge in [0.1, 0.15) is 0 Å². The van der Waals surface area contributed by atoms with Gasteiger partial charge in [-0.15, -0.1) is 11.8 Å². The predicted octanol–water partition coefficient (Wildman–Crippen LogP) is 5.44. The van der Waals surface area contributed by atoms with E-state index in [0.29, 0.717) is 12.2 Å². The van der Waals surface area contributed by atoms with E-state index in [4.69, 9.17) is 0 Å². The third-order valence-electron chi connectivity index (χ3n) is 3.97. The summed E-state index contributed by atoms with van der Waals surface area (Å²) in [7, 11) is 0. The number of nitrogens with one attached hydrogen (secondary N) is 2. The first kappa shape index (κ1) is 20.7. The van der Waals surface area contributed by atoms with Crippen molar-refractivity contribution in [3.63, 3.8) is 0 Å². The SMILES string of the molecule is O=C(CSc1ccncc1)Nc1cc(C(F)(F)F)ccc1NCc1ccccc1. The molecule has 2 aromatic carbocycles. The fourth-order valence-corrected chi connectivity index (χ4v) is 3.23. The largest absolute Gasteiger partial charge is 0.416 e. The third-order valence-corrected chi connectivity index (χ3v) is 4.98. The summed E-state index contributed by atoms with van der Waals surface area (Å²) in [6.45, 7) is 0.418. The lowest BCUT2D eigenvalue weighted by atomic mass is 10.1. The molecule has 8 heteroatoms. The Bertz CT molecular complexity index is 950. The fourth-order valence-electron chi connectivity index (χ4n) is 2.54. The molecule has 0 aliphatic carbocycles. The van der Waals surface area contributed by atoms with Crippen LogP contribution < -0.4 is 10.6 Å². The van der Waals surface area contributed by atoms with Crippen LogP contribution in [0.3, 0.4) is 0 Å². The maximum absolute atomic E-state index is 13.1. The number of pyridine rings is 1. The monoisotopic (exact) mass is 417 g/mol. The molecule has 4 nitrogen and oxygen atoms in total. The molecule has 0 aliphatic heterocycles. The molecule has 3 aromatic rings. The summed E-state index contributed by atoms with van der Waals surface area (Å²) < 4.78 is 39.3. The Kier molecular flexibility index (Phi) is 6.77. The van der Waals surface area contributed by atoms with Gasteiger partial charge in [-0.25, -0.2) is 0 Å². The molecule has 1 aromatic heterocycles. The van der Waals surface area contributed by atoms with Crippen LogP contribution in [0, 0.1) is 0 Å². The average molecular weight is 417 g/mol. The smallest absolute Gasteiger partial charge is 0.379 e. The Morgan fingerprint density at radius 3 is 2.38 bits per heavy atom. The topological polar surface area (TPSA) is 54.0 Å². The van der Waals surface area contributed by atoms with Gasteiger partial charge >= 0.3 is 6.18 Å². The maximum Gasteiger partial charge on any atom is 0.416 e. The van der Waals surface area contributed by atoms with Gasteiger partial charge in [-0.1, -0.05) is 30.3 Å². The van der Waals surface area contributed by atoms with Gasteiger partial charge in [-0.3, -0.25) is 9.78 Å². The van der Waals surface area contributed by atoms with Crippen molar-refractivity contribution in [1.82, 2.24) is 4.98 Å². The van der Waals surface area contributed by atoms with E-state index in [0.717, 1.165) is 22.6 Å². The standard InChI is InChI=1S/C21H18F3N3OS/c22-21(23,24)16-6-7-18(26-13-15-4-2-1-3-5-15)19(12-16)27-20(28)14-29-17-8-10-25-11-9-17/h1-12,26H,13-14H2,(H,27,28). The number of carbonyl (C=O) groups excluding carboxylic acids is 1. The van der Waals surface area contributed by atoms with E-state index in [9.17, 15) is 18.0 Å². The number of aromatic nitrogens is 1. The normalized spacial score (nSPS) is 11.1. The van der Waals surface area contributed by atoms with Crippen LogP contribution in [0.4, 0.5) is 24.5 Å². The Hall–Kier alpha value is -3.00. The second-order valence-electron chi connectivity index (χ2n) is 6.12. The molecular formula is C21H18F3N3OS. The van der Waals surface area contributed by atoms with Crippen LogP contribution in [0.1, 0.15) is 11.1 Å². The quantitative estimate of drug-likeness (QED) is 0.503. The minimum absolute atomic E-state index is 0.0678. The molecule has 0 saturated carbocycles. The molecular weight excluding hydrogens is 399 g/mol. The van der Waals surface area contributed by atoms with E-state index in [1.54, 1.807) is 24.5 Å². The second-order valence-corrected chi connectivity index (χ2v) is 7.17. The maximum atomic E-state index is 13.1. The summed E-state index contributed by atoms with van der Waals surface area (Å²) in [6, 6.07) is 16.2. The fraction of sp³-hybridized carbons (Fsp3) is 0.143. The molecule has 1 heterocycles. The van der Waals surface area contributed by atoms with Gasteiger partial charge in [0.05, 0.1) is 22.7 Å². The molecule has 1 amide bonds. The van der Waals surface area contributed by atoms with Gasteiger partial charge in [0.25, 0.3) is 0 Å². The van der Waals surface area contributed by atoms with Crippen LogP contribution in [-0.4, -0.2) is 16.6 Å². The van der Waals surface area contributed by atoms with Crippen molar-refractivity contribution in [3.8, 4) is 0 Å². The van der Waals surface area contributed by atoms with Crippen molar-refractivity contribution in [2.75, 3.05) is 16.4 Å². The first-order valence-electron chi connectivity index (χ1n) is 8.73. The number of nitrogens with zero attached hydrogens (tertiary/aromatic N) is 1. The molecule has 0 radical (unpaired) electrons. The van der Waals surface area contributed by atoms with Crippen molar-refractivity contribution in [2.45, 2.75) is 17.6 Å². The zero-order valence-electron chi connectivity index (χ0n) is 15.2. The molecule has 0 unspecified atom stereocenters. The molecule has 0 fully saturated rings. The highest BCUT2D eigenvalue weighted by Crippen LogP contribution is 2.34. The van der Waals surface area contributed by atoms with Crippen LogP contribution in [0.25, 0.3) is 0 Å². The van der Waals surface area contributed by atoms with Crippen LogP contribution in [0.5, 0.6) is 0 Å². The Balaban J connectivity index is 1.73. The number of rotatable bonds is 7. The zero-order chi connectivity index (χ0) is 20.7. The highest BCUT2D eigenvalue weighted by molar-refractivity contribution is 8.00. The lowest BCUT2D eigenvalue weighted by molar-refractivity contribution is -0.137. The Morgan fingerprint density at radius 2 is 1.69 bits per heavy atom. The molecule has 2 N–H and O–H groups in total.